The Hall–Kier alpha value is -2.25. The highest BCUT2D eigenvalue weighted by molar-refractivity contribution is 5.88. The van der Waals surface area contributed by atoms with Crippen LogP contribution < -0.4 is 10.6 Å². The summed E-state index contributed by atoms with van der Waals surface area (Å²) in [5.41, 5.74) is -0.0130. The molecule has 2 N–H and O–H groups in total. The molecule has 1 aromatic rings. The van der Waals surface area contributed by atoms with Crippen molar-refractivity contribution >= 4 is 11.9 Å². The number of benzene rings is 1. The molecule has 2 rings (SSSR count). The van der Waals surface area contributed by atoms with Gasteiger partial charge in [-0.1, -0.05) is 12.1 Å². The van der Waals surface area contributed by atoms with Crippen LogP contribution in [-0.2, 0) is 17.4 Å². The Bertz CT molecular complexity index is 602. The third kappa shape index (κ3) is 4.62. The first kappa shape index (κ1) is 18.1. The van der Waals surface area contributed by atoms with E-state index >= 15 is 0 Å². The van der Waals surface area contributed by atoms with Crippen LogP contribution in [0.25, 0.3) is 0 Å². The maximum atomic E-state index is 12.5. The average molecular weight is 343 g/mol. The van der Waals surface area contributed by atoms with Gasteiger partial charge in [-0.3, -0.25) is 4.79 Å². The maximum absolute atomic E-state index is 12.5. The van der Waals surface area contributed by atoms with Crippen LogP contribution in [0.2, 0.25) is 0 Å². The molecule has 24 heavy (non-hydrogen) atoms. The number of likely N-dealkylation sites (tertiary alicyclic amines) is 1. The van der Waals surface area contributed by atoms with Gasteiger partial charge in [0.15, 0.2) is 0 Å². The lowest BCUT2D eigenvalue weighted by molar-refractivity contribution is -0.137. The summed E-state index contributed by atoms with van der Waals surface area (Å²) in [4.78, 5) is 25.2. The molecular formula is C16H20F3N3O2. The normalized spacial score (nSPS) is 19.3. The van der Waals surface area contributed by atoms with Crippen LogP contribution in [0.5, 0.6) is 0 Å². The van der Waals surface area contributed by atoms with Crippen LogP contribution in [-0.4, -0.2) is 42.5 Å². The fraction of sp³-hybridized carbons (Fsp3) is 0.500. The van der Waals surface area contributed by atoms with Crippen molar-refractivity contribution in [3.8, 4) is 0 Å². The third-order valence-electron chi connectivity index (χ3n) is 3.93. The predicted molar refractivity (Wildman–Crippen MR) is 82.3 cm³/mol. The van der Waals surface area contributed by atoms with Crippen LogP contribution in [0.3, 0.4) is 0 Å². The molecule has 1 aliphatic rings. The van der Waals surface area contributed by atoms with E-state index in [2.05, 4.69) is 10.6 Å². The lowest BCUT2D eigenvalue weighted by Gasteiger charge is -2.17. The van der Waals surface area contributed by atoms with Gasteiger partial charge in [0.05, 0.1) is 5.56 Å². The quantitative estimate of drug-likeness (QED) is 0.880. The molecule has 8 heteroatoms. The lowest BCUT2D eigenvalue weighted by Crippen LogP contribution is -2.48. The third-order valence-corrected chi connectivity index (χ3v) is 3.93. The zero-order valence-electron chi connectivity index (χ0n) is 13.5. The molecule has 1 fully saturated rings. The van der Waals surface area contributed by atoms with Gasteiger partial charge in [-0.25, -0.2) is 4.79 Å². The number of alkyl halides is 3. The summed E-state index contributed by atoms with van der Waals surface area (Å²) in [5.74, 6) is -0.124. The van der Waals surface area contributed by atoms with Gasteiger partial charge >= 0.3 is 12.2 Å². The number of nitrogens with zero attached hydrogens (tertiary/aromatic N) is 1. The molecule has 2 atom stereocenters. The Morgan fingerprint density at radius 1 is 1.33 bits per heavy atom. The summed E-state index contributed by atoms with van der Waals surface area (Å²) >= 11 is 0. The molecule has 0 aliphatic carbocycles. The molecule has 0 radical (unpaired) electrons. The second-order valence-electron chi connectivity index (χ2n) is 6.02. The molecule has 1 heterocycles. The Labute approximate surface area is 138 Å². The molecule has 0 aromatic heterocycles. The van der Waals surface area contributed by atoms with E-state index < -0.39 is 23.8 Å². The topological polar surface area (TPSA) is 61.4 Å². The van der Waals surface area contributed by atoms with Crippen LogP contribution in [0, 0.1) is 0 Å². The molecule has 5 nitrogen and oxygen atoms in total. The molecule has 0 bridgehead atoms. The Balaban J connectivity index is 1.83. The minimum atomic E-state index is -4.36. The van der Waals surface area contributed by atoms with E-state index in [1.165, 1.54) is 12.1 Å². The number of halogens is 3. The number of likely N-dealkylation sites (N-methyl/N-ethyl adjacent to an activating group) is 1. The monoisotopic (exact) mass is 343 g/mol. The van der Waals surface area contributed by atoms with Gasteiger partial charge in [0.1, 0.15) is 6.04 Å². The fourth-order valence-corrected chi connectivity index (χ4v) is 2.61. The van der Waals surface area contributed by atoms with E-state index in [-0.39, 0.29) is 11.9 Å². The Kier molecular flexibility index (Phi) is 5.36. The SMILES string of the molecule is C[C@H](Cc1ccc(C(F)(F)F)cc1)NC(=O)N[C@@H]1CCN(C)C1=O. The first-order chi connectivity index (χ1) is 11.2. The van der Waals surface area contributed by atoms with Crippen molar-refractivity contribution in [2.45, 2.75) is 38.0 Å². The average Bonchev–Trinajstić information content (AvgIpc) is 2.78. The van der Waals surface area contributed by atoms with Crippen molar-refractivity contribution in [3.63, 3.8) is 0 Å². The number of urea groups is 1. The van der Waals surface area contributed by atoms with Crippen molar-refractivity contribution in [2.75, 3.05) is 13.6 Å². The van der Waals surface area contributed by atoms with Crippen LogP contribution in [0.15, 0.2) is 24.3 Å². The first-order valence-corrected chi connectivity index (χ1v) is 7.65. The zero-order chi connectivity index (χ0) is 17.9. The van der Waals surface area contributed by atoms with Gasteiger partial charge in [0, 0.05) is 19.6 Å². The summed E-state index contributed by atoms with van der Waals surface area (Å²) in [6.45, 7) is 2.35. The van der Waals surface area contributed by atoms with Crippen LogP contribution in [0.1, 0.15) is 24.5 Å². The van der Waals surface area contributed by atoms with E-state index in [1.807, 2.05) is 0 Å². The smallest absolute Gasteiger partial charge is 0.344 e. The number of carbonyl (C=O) groups is 2. The van der Waals surface area contributed by atoms with E-state index in [0.717, 1.165) is 12.1 Å². The molecule has 0 unspecified atom stereocenters. The molecule has 3 amide bonds. The Morgan fingerprint density at radius 2 is 1.96 bits per heavy atom. The number of carbonyl (C=O) groups excluding carboxylic acids is 2. The van der Waals surface area contributed by atoms with Crippen molar-refractivity contribution in [1.82, 2.24) is 15.5 Å². The summed E-state index contributed by atoms with van der Waals surface area (Å²) in [5, 5.41) is 5.31. The van der Waals surface area contributed by atoms with Gasteiger partial charge in [0.25, 0.3) is 0 Å². The molecule has 1 saturated heterocycles. The second kappa shape index (κ2) is 7.11. The number of hydrogen-bond donors (Lipinski definition) is 2. The zero-order valence-corrected chi connectivity index (χ0v) is 13.5. The van der Waals surface area contributed by atoms with E-state index in [1.54, 1.807) is 18.9 Å². The van der Waals surface area contributed by atoms with Crippen LogP contribution >= 0.6 is 0 Å². The fourth-order valence-electron chi connectivity index (χ4n) is 2.61. The highest BCUT2D eigenvalue weighted by Gasteiger charge is 2.31. The number of hydrogen-bond acceptors (Lipinski definition) is 2. The summed E-state index contributed by atoms with van der Waals surface area (Å²) in [7, 11) is 1.68. The molecule has 0 spiro atoms. The van der Waals surface area contributed by atoms with Crippen molar-refractivity contribution in [2.24, 2.45) is 0 Å². The van der Waals surface area contributed by atoms with Gasteiger partial charge < -0.3 is 15.5 Å². The van der Waals surface area contributed by atoms with E-state index in [9.17, 15) is 22.8 Å². The second-order valence-corrected chi connectivity index (χ2v) is 6.02. The van der Waals surface area contributed by atoms with Gasteiger partial charge in [0.2, 0.25) is 5.91 Å². The highest BCUT2D eigenvalue weighted by Crippen LogP contribution is 2.29. The molecule has 1 aliphatic heterocycles. The van der Waals surface area contributed by atoms with Crippen molar-refractivity contribution < 1.29 is 22.8 Å². The maximum Gasteiger partial charge on any atom is 0.416 e. The number of rotatable bonds is 4. The highest BCUT2D eigenvalue weighted by atomic mass is 19.4. The lowest BCUT2D eigenvalue weighted by atomic mass is 10.1. The minimum absolute atomic E-state index is 0.124. The van der Waals surface area contributed by atoms with E-state index in [0.29, 0.717) is 24.9 Å². The number of amides is 3. The summed E-state index contributed by atoms with van der Waals surface area (Å²) in [6, 6.07) is 3.58. The minimum Gasteiger partial charge on any atom is -0.344 e. The molecule has 132 valence electrons. The number of nitrogens with one attached hydrogen (secondary N) is 2. The van der Waals surface area contributed by atoms with Crippen molar-refractivity contribution in [3.05, 3.63) is 35.4 Å². The summed E-state index contributed by atoms with van der Waals surface area (Å²) in [6.07, 6.45) is -3.40. The molecule has 0 saturated carbocycles. The van der Waals surface area contributed by atoms with E-state index in [4.69, 9.17) is 0 Å². The predicted octanol–water partition coefficient (Wildman–Crippen LogP) is 2.17. The van der Waals surface area contributed by atoms with Crippen molar-refractivity contribution in [1.29, 1.82) is 0 Å². The summed E-state index contributed by atoms with van der Waals surface area (Å²) < 4.78 is 37.5. The first-order valence-electron chi connectivity index (χ1n) is 7.65. The molecular weight excluding hydrogens is 323 g/mol. The standard InChI is InChI=1S/C16H20F3N3O2/c1-10(9-11-3-5-12(6-4-11)16(17,18)19)20-15(24)21-13-7-8-22(2)14(13)23/h3-6,10,13H,7-9H2,1-2H3,(H2,20,21,24)/t10-,13-/m1/s1. The Morgan fingerprint density at radius 3 is 2.46 bits per heavy atom. The largest absolute Gasteiger partial charge is 0.416 e. The van der Waals surface area contributed by atoms with Gasteiger partial charge in [-0.05, 0) is 37.5 Å². The van der Waals surface area contributed by atoms with Gasteiger partial charge in [-0.2, -0.15) is 13.2 Å². The molecule has 1 aromatic carbocycles. The van der Waals surface area contributed by atoms with Crippen LogP contribution in [0.4, 0.5) is 18.0 Å². The van der Waals surface area contributed by atoms with Gasteiger partial charge in [-0.15, -0.1) is 0 Å².